The molecule has 0 aliphatic heterocycles. The number of anilines is 1. The summed E-state index contributed by atoms with van der Waals surface area (Å²) in [7, 11) is 1.42. The Hall–Kier alpha value is -3.20. The number of hydrogen-bond acceptors (Lipinski definition) is 7. The van der Waals surface area contributed by atoms with Crippen LogP contribution in [0.15, 0.2) is 53.8 Å². The Morgan fingerprint density at radius 2 is 2.08 bits per heavy atom. The normalized spacial score (nSPS) is 10.5. The summed E-state index contributed by atoms with van der Waals surface area (Å²) in [5.41, 5.74) is 0.681. The quantitative estimate of drug-likeness (QED) is 0.307. The molecule has 0 radical (unpaired) electrons. The van der Waals surface area contributed by atoms with Gasteiger partial charge >= 0.3 is 0 Å². The zero-order valence-corrected chi connectivity index (χ0v) is 14.5. The van der Waals surface area contributed by atoms with Gasteiger partial charge in [-0.1, -0.05) is 30.0 Å². The summed E-state index contributed by atoms with van der Waals surface area (Å²) < 4.78 is 4.98. The van der Waals surface area contributed by atoms with Crippen molar-refractivity contribution in [1.82, 2.24) is 9.97 Å². The van der Waals surface area contributed by atoms with Crippen molar-refractivity contribution >= 4 is 39.9 Å². The van der Waals surface area contributed by atoms with Crippen LogP contribution in [0.2, 0.25) is 0 Å². The predicted octanol–water partition coefficient (Wildman–Crippen LogP) is 3.28. The molecule has 1 amide bonds. The second-order valence-electron chi connectivity index (χ2n) is 5.17. The fourth-order valence-electron chi connectivity index (χ4n) is 2.31. The van der Waals surface area contributed by atoms with Gasteiger partial charge in [0.15, 0.2) is 0 Å². The van der Waals surface area contributed by atoms with Crippen molar-refractivity contribution in [2.45, 2.75) is 5.03 Å². The van der Waals surface area contributed by atoms with Gasteiger partial charge in [-0.05, 0) is 18.2 Å². The number of methoxy groups -OCH3 is 1. The molecule has 0 saturated heterocycles. The fraction of sp³-hybridized carbons (Fsp3) is 0.118. The van der Waals surface area contributed by atoms with Crippen molar-refractivity contribution in [1.29, 1.82) is 0 Å². The van der Waals surface area contributed by atoms with E-state index in [1.165, 1.54) is 37.3 Å². The van der Waals surface area contributed by atoms with Crippen molar-refractivity contribution in [2.75, 3.05) is 18.2 Å². The number of para-hydroxylation sites is 1. The van der Waals surface area contributed by atoms with Crippen LogP contribution in [-0.2, 0) is 4.79 Å². The molecular formula is C17H14N4O4S. The lowest BCUT2D eigenvalue weighted by molar-refractivity contribution is -0.384. The molecule has 3 aromatic rings. The summed E-state index contributed by atoms with van der Waals surface area (Å²) in [4.78, 5) is 31.2. The van der Waals surface area contributed by atoms with Crippen molar-refractivity contribution in [3.05, 3.63) is 58.9 Å². The topological polar surface area (TPSA) is 107 Å². The summed E-state index contributed by atoms with van der Waals surface area (Å²) in [6, 6.07) is 11.7. The maximum Gasteiger partial charge on any atom is 0.296 e. The first-order valence-corrected chi connectivity index (χ1v) is 8.52. The molecule has 3 rings (SSSR count). The molecule has 26 heavy (non-hydrogen) atoms. The monoisotopic (exact) mass is 370 g/mol. The van der Waals surface area contributed by atoms with E-state index in [4.69, 9.17) is 4.74 Å². The minimum absolute atomic E-state index is 0.0597. The number of benzene rings is 2. The van der Waals surface area contributed by atoms with Crippen LogP contribution in [0, 0.1) is 10.1 Å². The summed E-state index contributed by atoms with van der Waals surface area (Å²) in [5, 5.41) is 15.3. The van der Waals surface area contributed by atoms with E-state index >= 15 is 0 Å². The molecule has 1 aromatic heterocycles. The van der Waals surface area contributed by atoms with Crippen LogP contribution in [0.25, 0.3) is 10.9 Å². The highest BCUT2D eigenvalue weighted by Gasteiger charge is 2.17. The van der Waals surface area contributed by atoms with Gasteiger partial charge < -0.3 is 10.1 Å². The highest BCUT2D eigenvalue weighted by molar-refractivity contribution is 8.00. The van der Waals surface area contributed by atoms with E-state index in [0.717, 1.165) is 10.9 Å². The second kappa shape index (κ2) is 7.79. The van der Waals surface area contributed by atoms with E-state index in [9.17, 15) is 14.9 Å². The van der Waals surface area contributed by atoms with Gasteiger partial charge in [0.05, 0.1) is 29.4 Å². The zero-order valence-electron chi connectivity index (χ0n) is 13.7. The van der Waals surface area contributed by atoms with Crippen LogP contribution < -0.4 is 10.1 Å². The number of thioether (sulfide) groups is 1. The first kappa shape index (κ1) is 17.6. The predicted molar refractivity (Wildman–Crippen MR) is 98.5 cm³/mol. The summed E-state index contributed by atoms with van der Waals surface area (Å²) >= 11 is 1.24. The van der Waals surface area contributed by atoms with E-state index in [-0.39, 0.29) is 23.0 Å². The molecule has 1 N–H and O–H groups in total. The number of carbonyl (C=O) groups excluding carboxylic acids is 1. The first-order chi connectivity index (χ1) is 12.6. The van der Waals surface area contributed by atoms with E-state index in [2.05, 4.69) is 15.3 Å². The number of rotatable bonds is 6. The molecule has 2 aromatic carbocycles. The molecule has 132 valence electrons. The van der Waals surface area contributed by atoms with Gasteiger partial charge in [0, 0.05) is 5.39 Å². The number of fused-ring (bicyclic) bond motifs is 1. The van der Waals surface area contributed by atoms with Crippen molar-refractivity contribution in [2.24, 2.45) is 0 Å². The van der Waals surface area contributed by atoms with Gasteiger partial charge in [-0.15, -0.1) is 0 Å². The molecule has 0 saturated carbocycles. The third-order valence-corrected chi connectivity index (χ3v) is 4.53. The van der Waals surface area contributed by atoms with Crippen LogP contribution in [0.5, 0.6) is 5.75 Å². The van der Waals surface area contributed by atoms with E-state index in [1.54, 1.807) is 6.07 Å². The van der Waals surface area contributed by atoms with Gasteiger partial charge in [-0.25, -0.2) is 9.97 Å². The van der Waals surface area contributed by atoms with Crippen molar-refractivity contribution < 1.29 is 14.5 Å². The maximum atomic E-state index is 12.2. The Morgan fingerprint density at radius 3 is 2.85 bits per heavy atom. The fourth-order valence-corrected chi connectivity index (χ4v) is 3.10. The minimum atomic E-state index is -0.566. The third kappa shape index (κ3) is 3.89. The largest absolute Gasteiger partial charge is 0.496 e. The van der Waals surface area contributed by atoms with E-state index < -0.39 is 4.92 Å². The lowest BCUT2D eigenvalue weighted by atomic mass is 10.2. The van der Waals surface area contributed by atoms with E-state index in [0.29, 0.717) is 10.8 Å². The second-order valence-corrected chi connectivity index (χ2v) is 6.14. The third-order valence-electron chi connectivity index (χ3n) is 3.52. The Balaban J connectivity index is 1.72. The number of nitro benzene ring substituents is 1. The minimum Gasteiger partial charge on any atom is -0.496 e. The molecule has 0 unspecified atom stereocenters. The number of carbonyl (C=O) groups is 1. The van der Waals surface area contributed by atoms with Crippen LogP contribution in [0.4, 0.5) is 11.4 Å². The van der Waals surface area contributed by atoms with E-state index in [1.807, 2.05) is 24.3 Å². The Bertz CT molecular complexity index is 975. The van der Waals surface area contributed by atoms with Crippen molar-refractivity contribution in [3.8, 4) is 5.75 Å². The number of amides is 1. The number of ether oxygens (including phenoxy) is 1. The maximum absolute atomic E-state index is 12.2. The molecule has 8 nitrogen and oxygen atoms in total. The molecule has 9 heteroatoms. The molecule has 0 aliphatic rings. The SMILES string of the molecule is COc1ccc(NC(=O)CSc2ncnc3ccccc23)c([N+](=O)[O-])c1. The number of nitro groups is 1. The molecule has 1 heterocycles. The Labute approximate surface area is 152 Å². The number of hydrogen-bond donors (Lipinski definition) is 1. The zero-order chi connectivity index (χ0) is 18.5. The lowest BCUT2D eigenvalue weighted by Crippen LogP contribution is -2.15. The van der Waals surface area contributed by atoms with Crippen LogP contribution >= 0.6 is 11.8 Å². The van der Waals surface area contributed by atoms with Crippen LogP contribution in [-0.4, -0.2) is 33.7 Å². The van der Waals surface area contributed by atoms with Gasteiger partial charge in [0.25, 0.3) is 5.69 Å². The van der Waals surface area contributed by atoms with Crippen LogP contribution in [0.3, 0.4) is 0 Å². The highest BCUT2D eigenvalue weighted by atomic mass is 32.2. The Morgan fingerprint density at radius 1 is 1.27 bits per heavy atom. The van der Waals surface area contributed by atoms with Gasteiger partial charge in [0.1, 0.15) is 22.8 Å². The highest BCUT2D eigenvalue weighted by Crippen LogP contribution is 2.29. The average Bonchev–Trinajstić information content (AvgIpc) is 2.66. The standard InChI is InChI=1S/C17H14N4O4S/c1-25-11-6-7-14(15(8-11)21(23)24)20-16(22)9-26-17-12-4-2-3-5-13(12)18-10-19-17/h2-8,10H,9H2,1H3,(H,20,22). The van der Waals surface area contributed by atoms with Crippen molar-refractivity contribution in [3.63, 3.8) is 0 Å². The van der Waals surface area contributed by atoms with Gasteiger partial charge in [0.2, 0.25) is 5.91 Å². The summed E-state index contributed by atoms with van der Waals surface area (Å²) in [6.45, 7) is 0. The molecule has 0 spiro atoms. The molecule has 0 aliphatic carbocycles. The summed E-state index contributed by atoms with van der Waals surface area (Å²) in [6.07, 6.45) is 1.44. The smallest absolute Gasteiger partial charge is 0.296 e. The number of aromatic nitrogens is 2. The molecule has 0 fully saturated rings. The number of nitrogens with one attached hydrogen (secondary N) is 1. The molecular weight excluding hydrogens is 356 g/mol. The Kier molecular flexibility index (Phi) is 5.28. The van der Waals surface area contributed by atoms with Gasteiger partial charge in [-0.3, -0.25) is 14.9 Å². The van der Waals surface area contributed by atoms with Crippen LogP contribution in [0.1, 0.15) is 0 Å². The number of nitrogens with zero attached hydrogens (tertiary/aromatic N) is 3. The molecule has 0 atom stereocenters. The first-order valence-electron chi connectivity index (χ1n) is 7.53. The lowest BCUT2D eigenvalue weighted by Gasteiger charge is -2.08. The average molecular weight is 370 g/mol. The summed E-state index contributed by atoms with van der Waals surface area (Å²) in [5.74, 6) is 0.0342. The van der Waals surface area contributed by atoms with Gasteiger partial charge in [-0.2, -0.15) is 0 Å². The molecule has 0 bridgehead atoms.